The van der Waals surface area contributed by atoms with E-state index < -0.39 is 10.0 Å². The van der Waals surface area contributed by atoms with Crippen molar-refractivity contribution in [2.24, 2.45) is 5.92 Å². The second-order valence-electron chi connectivity index (χ2n) is 5.13. The van der Waals surface area contributed by atoms with E-state index in [9.17, 15) is 8.42 Å². The Hall–Kier alpha value is -1.31. The van der Waals surface area contributed by atoms with Gasteiger partial charge in [0.2, 0.25) is 10.0 Å². The van der Waals surface area contributed by atoms with Crippen LogP contribution in [0.2, 0.25) is 0 Å². The minimum atomic E-state index is -3.63. The van der Waals surface area contributed by atoms with Gasteiger partial charge in [-0.2, -0.15) is 0 Å². The van der Waals surface area contributed by atoms with E-state index in [4.69, 9.17) is 15.2 Å². The van der Waals surface area contributed by atoms with E-state index in [-0.39, 0.29) is 22.7 Å². The summed E-state index contributed by atoms with van der Waals surface area (Å²) in [5.41, 5.74) is 6.10. The highest BCUT2D eigenvalue weighted by Gasteiger charge is 2.29. The maximum absolute atomic E-state index is 12.4. The first-order chi connectivity index (χ1) is 9.97. The Morgan fingerprint density at radius 2 is 2.24 bits per heavy atom. The van der Waals surface area contributed by atoms with Gasteiger partial charge in [-0.15, -0.1) is 0 Å². The predicted molar refractivity (Wildman–Crippen MR) is 80.7 cm³/mol. The molecule has 1 saturated heterocycles. The molecule has 6 nitrogen and oxygen atoms in total. The zero-order chi connectivity index (χ0) is 15.5. The fraction of sp³-hybridized carbons (Fsp3) is 0.571. The standard InChI is InChI=1S/C14H22N2O4S/c1-3-12-10(6-7-20-12)9-16-21(17,18)14-5-4-11(15)8-13(14)19-2/h4-5,8,10,12,16H,3,6-7,9,15H2,1-2H3. The number of nitrogen functional groups attached to an aromatic ring is 1. The summed E-state index contributed by atoms with van der Waals surface area (Å²) in [6, 6.07) is 4.51. The molecule has 0 amide bonds. The van der Waals surface area contributed by atoms with Crippen LogP contribution in [0.3, 0.4) is 0 Å². The van der Waals surface area contributed by atoms with Gasteiger partial charge in [0.25, 0.3) is 0 Å². The number of ether oxygens (including phenoxy) is 2. The molecule has 1 aromatic rings. The summed E-state index contributed by atoms with van der Waals surface area (Å²) >= 11 is 0. The van der Waals surface area contributed by atoms with Gasteiger partial charge in [0.1, 0.15) is 10.6 Å². The Balaban J connectivity index is 2.12. The number of rotatable bonds is 6. The molecule has 118 valence electrons. The van der Waals surface area contributed by atoms with E-state index in [1.54, 1.807) is 6.07 Å². The van der Waals surface area contributed by atoms with E-state index in [1.165, 1.54) is 19.2 Å². The molecule has 1 aliphatic rings. The molecule has 0 aliphatic carbocycles. The van der Waals surface area contributed by atoms with Crippen LogP contribution < -0.4 is 15.2 Å². The minimum Gasteiger partial charge on any atom is -0.495 e. The Morgan fingerprint density at radius 1 is 1.48 bits per heavy atom. The molecule has 0 radical (unpaired) electrons. The number of hydrogen-bond donors (Lipinski definition) is 2. The zero-order valence-electron chi connectivity index (χ0n) is 12.3. The molecule has 2 atom stereocenters. The van der Waals surface area contributed by atoms with Crippen molar-refractivity contribution in [1.29, 1.82) is 0 Å². The maximum Gasteiger partial charge on any atom is 0.244 e. The molecule has 7 heteroatoms. The minimum absolute atomic E-state index is 0.103. The predicted octanol–water partition coefficient (Wildman–Crippen LogP) is 1.37. The van der Waals surface area contributed by atoms with Gasteiger partial charge in [0.05, 0.1) is 13.2 Å². The summed E-state index contributed by atoms with van der Waals surface area (Å²) in [4.78, 5) is 0.103. The normalized spacial score (nSPS) is 22.4. The summed E-state index contributed by atoms with van der Waals surface area (Å²) in [5.74, 6) is 0.460. The van der Waals surface area contributed by atoms with Crippen LogP contribution in [-0.4, -0.2) is 34.8 Å². The molecule has 0 bridgehead atoms. The van der Waals surface area contributed by atoms with E-state index in [0.29, 0.717) is 18.8 Å². The van der Waals surface area contributed by atoms with Crippen LogP contribution in [0.25, 0.3) is 0 Å². The van der Waals surface area contributed by atoms with Gasteiger partial charge >= 0.3 is 0 Å². The Morgan fingerprint density at radius 3 is 2.90 bits per heavy atom. The van der Waals surface area contributed by atoms with Gasteiger partial charge in [0, 0.05) is 30.8 Å². The Kier molecular flexibility index (Phi) is 5.08. The van der Waals surface area contributed by atoms with Gasteiger partial charge in [-0.1, -0.05) is 6.92 Å². The van der Waals surface area contributed by atoms with Crippen LogP contribution in [0.1, 0.15) is 19.8 Å². The number of sulfonamides is 1. The molecular weight excluding hydrogens is 292 g/mol. The first-order valence-electron chi connectivity index (χ1n) is 7.02. The molecule has 0 aromatic heterocycles. The lowest BCUT2D eigenvalue weighted by molar-refractivity contribution is 0.0884. The highest BCUT2D eigenvalue weighted by molar-refractivity contribution is 7.89. The second-order valence-corrected chi connectivity index (χ2v) is 6.86. The highest BCUT2D eigenvalue weighted by atomic mass is 32.2. The lowest BCUT2D eigenvalue weighted by Crippen LogP contribution is -2.33. The van der Waals surface area contributed by atoms with Crippen LogP contribution in [0.5, 0.6) is 5.75 Å². The van der Waals surface area contributed by atoms with Gasteiger partial charge in [-0.3, -0.25) is 0 Å². The smallest absolute Gasteiger partial charge is 0.244 e. The van der Waals surface area contributed by atoms with Gasteiger partial charge in [0.15, 0.2) is 0 Å². The van der Waals surface area contributed by atoms with Crippen molar-refractivity contribution in [1.82, 2.24) is 4.72 Å². The molecule has 1 heterocycles. The molecule has 2 rings (SSSR count). The first-order valence-corrected chi connectivity index (χ1v) is 8.51. The van der Waals surface area contributed by atoms with E-state index in [0.717, 1.165) is 12.8 Å². The summed E-state index contributed by atoms with van der Waals surface area (Å²) < 4.78 is 38.1. The monoisotopic (exact) mass is 314 g/mol. The van der Waals surface area contributed by atoms with Crippen molar-refractivity contribution >= 4 is 15.7 Å². The lowest BCUT2D eigenvalue weighted by atomic mass is 10.0. The van der Waals surface area contributed by atoms with Crippen LogP contribution in [0, 0.1) is 5.92 Å². The zero-order valence-corrected chi connectivity index (χ0v) is 13.2. The van der Waals surface area contributed by atoms with E-state index in [1.807, 2.05) is 6.92 Å². The summed E-state index contributed by atoms with van der Waals surface area (Å²) in [6.07, 6.45) is 1.89. The van der Waals surface area contributed by atoms with Gasteiger partial charge in [-0.05, 0) is 25.0 Å². The molecule has 1 aliphatic heterocycles. The van der Waals surface area contributed by atoms with Gasteiger partial charge in [-0.25, -0.2) is 13.1 Å². The van der Waals surface area contributed by atoms with Gasteiger partial charge < -0.3 is 15.2 Å². The van der Waals surface area contributed by atoms with Crippen molar-refractivity contribution in [3.05, 3.63) is 18.2 Å². The number of nitrogens with one attached hydrogen (secondary N) is 1. The van der Waals surface area contributed by atoms with Crippen molar-refractivity contribution in [2.75, 3.05) is 26.0 Å². The highest BCUT2D eigenvalue weighted by Crippen LogP contribution is 2.27. The van der Waals surface area contributed by atoms with Crippen LogP contribution in [-0.2, 0) is 14.8 Å². The summed E-state index contributed by atoms with van der Waals surface area (Å²) in [6.45, 7) is 3.10. The fourth-order valence-corrected chi connectivity index (χ4v) is 3.82. The maximum atomic E-state index is 12.4. The largest absolute Gasteiger partial charge is 0.495 e. The molecule has 1 fully saturated rings. The third kappa shape index (κ3) is 3.66. The van der Waals surface area contributed by atoms with Crippen LogP contribution >= 0.6 is 0 Å². The Labute approximate surface area is 125 Å². The van der Waals surface area contributed by atoms with Crippen molar-refractivity contribution in [2.45, 2.75) is 30.8 Å². The molecule has 21 heavy (non-hydrogen) atoms. The number of methoxy groups -OCH3 is 1. The second kappa shape index (κ2) is 6.64. The lowest BCUT2D eigenvalue weighted by Gasteiger charge is -2.18. The number of nitrogens with two attached hydrogens (primary N) is 1. The first kappa shape index (κ1) is 16.1. The van der Waals surface area contributed by atoms with E-state index in [2.05, 4.69) is 4.72 Å². The molecule has 0 spiro atoms. The molecule has 1 aromatic carbocycles. The number of hydrogen-bond acceptors (Lipinski definition) is 5. The van der Waals surface area contributed by atoms with Crippen molar-refractivity contribution < 1.29 is 17.9 Å². The third-order valence-electron chi connectivity index (χ3n) is 3.76. The SMILES string of the molecule is CCC1OCCC1CNS(=O)(=O)c1ccc(N)cc1OC. The molecule has 0 saturated carbocycles. The summed E-state index contributed by atoms with van der Waals surface area (Å²) in [7, 11) is -2.20. The summed E-state index contributed by atoms with van der Waals surface area (Å²) in [5, 5.41) is 0. The number of anilines is 1. The average Bonchev–Trinajstić information content (AvgIpc) is 2.92. The fourth-order valence-electron chi connectivity index (χ4n) is 2.58. The molecule has 3 N–H and O–H groups in total. The van der Waals surface area contributed by atoms with E-state index >= 15 is 0 Å². The quantitative estimate of drug-likeness (QED) is 0.774. The molecule has 2 unspecified atom stereocenters. The third-order valence-corrected chi connectivity index (χ3v) is 5.22. The van der Waals surface area contributed by atoms with Crippen molar-refractivity contribution in [3.63, 3.8) is 0 Å². The molecular formula is C14H22N2O4S. The van der Waals surface area contributed by atoms with Crippen LogP contribution in [0.4, 0.5) is 5.69 Å². The Bertz CT molecular complexity index is 589. The number of benzene rings is 1. The average molecular weight is 314 g/mol. The van der Waals surface area contributed by atoms with Crippen LogP contribution in [0.15, 0.2) is 23.1 Å². The topological polar surface area (TPSA) is 90.7 Å². The van der Waals surface area contributed by atoms with Crippen molar-refractivity contribution in [3.8, 4) is 5.75 Å².